The number of nitrogens with one attached hydrogen (secondary N) is 1. The van der Waals surface area contributed by atoms with Gasteiger partial charge in [0.05, 0.1) is 26.4 Å². The van der Waals surface area contributed by atoms with E-state index in [2.05, 4.69) is 69.2 Å². The second-order valence-electron chi connectivity index (χ2n) is 10.1. The Bertz CT molecular complexity index is 940. The van der Waals surface area contributed by atoms with Crippen LogP contribution in [0.5, 0.6) is 0 Å². The van der Waals surface area contributed by atoms with Gasteiger partial charge in [0.25, 0.3) is 5.91 Å². The van der Waals surface area contributed by atoms with Crippen molar-refractivity contribution in [1.29, 1.82) is 0 Å². The molecule has 0 saturated carbocycles. The van der Waals surface area contributed by atoms with Crippen LogP contribution in [0.3, 0.4) is 0 Å². The van der Waals surface area contributed by atoms with E-state index in [0.717, 1.165) is 25.0 Å². The Labute approximate surface area is 241 Å². The Kier molecular flexibility index (Phi) is 17.5. The molecular weight excluding hydrogens is 507 g/mol. The molecule has 2 unspecified atom stereocenters. The number of aliphatic imine (C=N–C) groups is 1. The maximum atomic E-state index is 13.4. The average Bonchev–Trinajstić information content (AvgIpc) is 2.94. The minimum atomic E-state index is -1.12. The fourth-order valence-corrected chi connectivity index (χ4v) is 4.20. The predicted molar refractivity (Wildman–Crippen MR) is 165 cm³/mol. The lowest BCUT2D eigenvalue weighted by Crippen LogP contribution is -2.62. The van der Waals surface area contributed by atoms with Crippen molar-refractivity contribution in [2.75, 3.05) is 46.1 Å². The normalized spacial score (nSPS) is 19.2. The molecular formula is C32H51FN4O3. The Morgan fingerprint density at radius 1 is 1.25 bits per heavy atom. The van der Waals surface area contributed by atoms with Crippen molar-refractivity contribution in [2.24, 2.45) is 16.6 Å². The van der Waals surface area contributed by atoms with Crippen LogP contribution >= 0.6 is 0 Å². The van der Waals surface area contributed by atoms with E-state index in [1.807, 2.05) is 12.2 Å². The molecule has 2 atom stereocenters. The van der Waals surface area contributed by atoms with E-state index in [-0.39, 0.29) is 25.7 Å². The zero-order valence-electron chi connectivity index (χ0n) is 24.9. The fraction of sp³-hybridized carbons (Fsp3) is 0.562. The van der Waals surface area contributed by atoms with Crippen LogP contribution < -0.4 is 11.1 Å². The van der Waals surface area contributed by atoms with Gasteiger partial charge in [0.15, 0.2) is 0 Å². The molecule has 0 aromatic carbocycles. The molecule has 40 heavy (non-hydrogen) atoms. The smallest absolute Gasteiger partial charge is 0.253 e. The molecule has 1 aliphatic heterocycles. The molecule has 1 amide bonds. The number of rotatable bonds is 20. The third-order valence-electron chi connectivity index (χ3n) is 6.72. The van der Waals surface area contributed by atoms with Gasteiger partial charge >= 0.3 is 0 Å². The lowest BCUT2D eigenvalue weighted by molar-refractivity contribution is -0.135. The van der Waals surface area contributed by atoms with Gasteiger partial charge in [-0.25, -0.2) is 0 Å². The number of ether oxygens (including phenoxy) is 2. The second-order valence-corrected chi connectivity index (χ2v) is 10.1. The van der Waals surface area contributed by atoms with Gasteiger partial charge in [0.1, 0.15) is 11.4 Å². The standard InChI is InChI=1S/C32H51FN4O3/c1-7-26(2)24-27(3)14-12-19-36-28(4)15-8-11-22-40-29(5)32(34)17-9-10-20-37(32)31(38)30(25-35-6)16-23-39-21-13-18-33/h8,12,14-16,24,26,36H,4-7,9-11,13,17-23,25,34H2,1-3H3/b14-12+,15-8+,27-24+,30-16?. The summed E-state index contributed by atoms with van der Waals surface area (Å²) in [6.45, 7) is 19.9. The molecule has 8 heteroatoms. The summed E-state index contributed by atoms with van der Waals surface area (Å²) >= 11 is 0. The number of hydrogen-bond acceptors (Lipinski definition) is 6. The molecule has 0 radical (unpaired) electrons. The zero-order chi connectivity index (χ0) is 29.8. The molecule has 3 N–H and O–H groups in total. The first-order valence-corrected chi connectivity index (χ1v) is 14.3. The van der Waals surface area contributed by atoms with Crippen LogP contribution in [0.1, 0.15) is 59.3 Å². The van der Waals surface area contributed by atoms with Crippen molar-refractivity contribution >= 4 is 12.6 Å². The lowest BCUT2D eigenvalue weighted by Gasteiger charge is -2.45. The summed E-state index contributed by atoms with van der Waals surface area (Å²) in [5.74, 6) is 0.704. The van der Waals surface area contributed by atoms with Crippen molar-refractivity contribution < 1.29 is 18.7 Å². The van der Waals surface area contributed by atoms with Crippen LogP contribution in [0.4, 0.5) is 4.39 Å². The largest absolute Gasteiger partial charge is 0.494 e. The van der Waals surface area contributed by atoms with Gasteiger partial charge in [-0.1, -0.05) is 63.3 Å². The Morgan fingerprint density at radius 2 is 2.02 bits per heavy atom. The van der Waals surface area contributed by atoms with E-state index in [9.17, 15) is 9.18 Å². The SMILES string of the molecule is C=NCC(=CCOCCCF)C(=O)N1CCCCC1(N)C(=C)OCC/C=C/C(=C)NC/C=C/C(C)=C/C(C)CC. The predicted octanol–water partition coefficient (Wildman–Crippen LogP) is 5.79. The summed E-state index contributed by atoms with van der Waals surface area (Å²) in [6.07, 6.45) is 16.4. The van der Waals surface area contributed by atoms with Gasteiger partial charge in [-0.15, -0.1) is 0 Å². The highest BCUT2D eigenvalue weighted by Gasteiger charge is 2.42. The van der Waals surface area contributed by atoms with Gasteiger partial charge in [-0.2, -0.15) is 0 Å². The lowest BCUT2D eigenvalue weighted by atomic mass is 9.93. The molecule has 1 heterocycles. The van der Waals surface area contributed by atoms with Gasteiger partial charge in [0.2, 0.25) is 0 Å². The molecule has 1 fully saturated rings. The van der Waals surface area contributed by atoms with Crippen LogP contribution in [-0.4, -0.2) is 69.3 Å². The Balaban J connectivity index is 2.61. The van der Waals surface area contributed by atoms with E-state index >= 15 is 0 Å². The number of piperidine rings is 1. The summed E-state index contributed by atoms with van der Waals surface area (Å²) in [7, 11) is 0. The highest BCUT2D eigenvalue weighted by Crippen LogP contribution is 2.31. The fourth-order valence-electron chi connectivity index (χ4n) is 4.20. The van der Waals surface area contributed by atoms with Gasteiger partial charge in [-0.3, -0.25) is 14.2 Å². The molecule has 1 aliphatic rings. The van der Waals surface area contributed by atoms with E-state index in [1.54, 1.807) is 11.0 Å². The van der Waals surface area contributed by atoms with E-state index < -0.39 is 12.3 Å². The first-order chi connectivity index (χ1) is 19.2. The maximum absolute atomic E-state index is 13.4. The van der Waals surface area contributed by atoms with Crippen molar-refractivity contribution in [3.63, 3.8) is 0 Å². The number of carbonyl (C=O) groups is 1. The molecule has 224 valence electrons. The topological polar surface area (TPSA) is 89.2 Å². The van der Waals surface area contributed by atoms with Crippen molar-refractivity contribution in [3.05, 3.63) is 72.2 Å². The van der Waals surface area contributed by atoms with Crippen LogP contribution in [0.15, 0.2) is 77.2 Å². The summed E-state index contributed by atoms with van der Waals surface area (Å²) in [4.78, 5) is 18.9. The summed E-state index contributed by atoms with van der Waals surface area (Å²) in [5.41, 5.74) is 8.14. The van der Waals surface area contributed by atoms with Crippen LogP contribution in [0.25, 0.3) is 0 Å². The highest BCUT2D eigenvalue weighted by atomic mass is 19.1. The molecule has 0 aromatic rings. The van der Waals surface area contributed by atoms with Crippen molar-refractivity contribution in [3.8, 4) is 0 Å². The molecule has 0 bridgehead atoms. The van der Waals surface area contributed by atoms with Crippen molar-refractivity contribution in [1.82, 2.24) is 10.2 Å². The van der Waals surface area contributed by atoms with E-state index in [0.29, 0.717) is 56.2 Å². The van der Waals surface area contributed by atoms with Gasteiger partial charge < -0.3 is 25.4 Å². The number of nitrogens with two attached hydrogens (primary N) is 1. The minimum absolute atomic E-state index is 0.137. The number of halogens is 1. The number of hydrogen-bond donors (Lipinski definition) is 2. The van der Waals surface area contributed by atoms with Gasteiger partial charge in [0, 0.05) is 31.0 Å². The molecule has 0 spiro atoms. The molecule has 0 aromatic heterocycles. The van der Waals surface area contributed by atoms with E-state index in [1.165, 1.54) is 5.57 Å². The second kappa shape index (κ2) is 20.0. The number of carbonyl (C=O) groups excluding carboxylic acids is 1. The van der Waals surface area contributed by atoms with E-state index in [4.69, 9.17) is 15.2 Å². The summed E-state index contributed by atoms with van der Waals surface area (Å²) in [5, 5.41) is 3.27. The number of alkyl halides is 1. The van der Waals surface area contributed by atoms with Crippen molar-refractivity contribution in [2.45, 2.75) is 65.0 Å². The molecule has 0 aliphatic carbocycles. The van der Waals surface area contributed by atoms with Crippen LogP contribution in [0, 0.1) is 5.92 Å². The molecule has 1 rings (SSSR count). The third-order valence-corrected chi connectivity index (χ3v) is 6.72. The monoisotopic (exact) mass is 558 g/mol. The highest BCUT2D eigenvalue weighted by molar-refractivity contribution is 5.94. The summed E-state index contributed by atoms with van der Waals surface area (Å²) in [6, 6.07) is 0. The molecule has 1 saturated heterocycles. The number of allylic oxidation sites excluding steroid dienone is 4. The maximum Gasteiger partial charge on any atom is 0.253 e. The number of amides is 1. The Hall–Kier alpha value is -2.97. The Morgan fingerprint density at radius 3 is 2.73 bits per heavy atom. The number of likely N-dealkylation sites (tertiary alicyclic amines) is 1. The quantitative estimate of drug-likeness (QED) is 0.0650. The minimum Gasteiger partial charge on any atom is -0.494 e. The third kappa shape index (κ3) is 12.9. The molecule has 7 nitrogen and oxygen atoms in total. The first kappa shape index (κ1) is 35.1. The van der Waals surface area contributed by atoms with Crippen LogP contribution in [-0.2, 0) is 14.3 Å². The summed E-state index contributed by atoms with van der Waals surface area (Å²) < 4.78 is 23.6. The van der Waals surface area contributed by atoms with Gasteiger partial charge in [-0.05, 0) is 63.8 Å². The number of nitrogens with zero attached hydrogens (tertiary/aromatic N) is 2. The zero-order valence-corrected chi connectivity index (χ0v) is 24.9. The first-order valence-electron chi connectivity index (χ1n) is 14.3. The average molecular weight is 559 g/mol. The van der Waals surface area contributed by atoms with Crippen LogP contribution in [0.2, 0.25) is 0 Å².